The molecule has 0 radical (unpaired) electrons. The molecule has 98 valence electrons. The highest BCUT2D eigenvalue weighted by atomic mass is 79.9. The molecular formula is C14H19BrN2O. The average Bonchev–Trinajstić information content (AvgIpc) is 2.32. The summed E-state index contributed by atoms with van der Waals surface area (Å²) in [5, 5.41) is 6.31. The molecule has 1 aliphatic rings. The summed E-state index contributed by atoms with van der Waals surface area (Å²) in [4.78, 5) is 11.9. The van der Waals surface area contributed by atoms with Gasteiger partial charge in [-0.05, 0) is 43.1 Å². The molecule has 1 amide bonds. The second-order valence-corrected chi connectivity index (χ2v) is 5.72. The molecule has 1 atom stereocenters. The molecule has 1 heterocycles. The SMILES string of the molecule is CCC(NC(=O)CC1CNC1)c1ccc(Br)cc1. The van der Waals surface area contributed by atoms with Crippen LogP contribution in [0.3, 0.4) is 0 Å². The van der Waals surface area contributed by atoms with Crippen LogP contribution in [0.15, 0.2) is 28.7 Å². The lowest BCUT2D eigenvalue weighted by Gasteiger charge is -2.27. The topological polar surface area (TPSA) is 41.1 Å². The van der Waals surface area contributed by atoms with Gasteiger partial charge in [-0.25, -0.2) is 0 Å². The van der Waals surface area contributed by atoms with E-state index >= 15 is 0 Å². The number of carbonyl (C=O) groups is 1. The van der Waals surface area contributed by atoms with Gasteiger partial charge < -0.3 is 10.6 Å². The number of hydrogen-bond donors (Lipinski definition) is 2. The van der Waals surface area contributed by atoms with E-state index in [0.29, 0.717) is 12.3 Å². The van der Waals surface area contributed by atoms with Crippen LogP contribution >= 0.6 is 15.9 Å². The van der Waals surface area contributed by atoms with E-state index < -0.39 is 0 Å². The van der Waals surface area contributed by atoms with Gasteiger partial charge in [-0.3, -0.25) is 4.79 Å². The minimum Gasteiger partial charge on any atom is -0.349 e. The minimum absolute atomic E-state index is 0.124. The quantitative estimate of drug-likeness (QED) is 0.878. The van der Waals surface area contributed by atoms with Crippen molar-refractivity contribution < 1.29 is 4.79 Å². The van der Waals surface area contributed by atoms with Gasteiger partial charge in [0.15, 0.2) is 0 Å². The lowest BCUT2D eigenvalue weighted by Crippen LogP contribution is -2.44. The Balaban J connectivity index is 1.91. The van der Waals surface area contributed by atoms with Gasteiger partial charge in [0, 0.05) is 10.9 Å². The highest BCUT2D eigenvalue weighted by molar-refractivity contribution is 9.10. The zero-order chi connectivity index (χ0) is 13.0. The zero-order valence-electron chi connectivity index (χ0n) is 10.6. The van der Waals surface area contributed by atoms with Crippen molar-refractivity contribution in [1.82, 2.24) is 10.6 Å². The van der Waals surface area contributed by atoms with Crippen molar-refractivity contribution >= 4 is 21.8 Å². The van der Waals surface area contributed by atoms with E-state index in [0.717, 1.165) is 24.0 Å². The van der Waals surface area contributed by atoms with E-state index in [1.54, 1.807) is 0 Å². The van der Waals surface area contributed by atoms with E-state index in [4.69, 9.17) is 0 Å². The van der Waals surface area contributed by atoms with Crippen molar-refractivity contribution in [2.75, 3.05) is 13.1 Å². The Hall–Kier alpha value is -0.870. The molecule has 4 heteroatoms. The Labute approximate surface area is 116 Å². The normalized spacial score (nSPS) is 17.0. The molecule has 2 rings (SSSR count). The van der Waals surface area contributed by atoms with Gasteiger partial charge in [0.25, 0.3) is 0 Å². The molecule has 0 aliphatic carbocycles. The van der Waals surface area contributed by atoms with Crippen molar-refractivity contribution in [3.05, 3.63) is 34.3 Å². The molecule has 1 aliphatic heterocycles. The first-order valence-electron chi connectivity index (χ1n) is 6.44. The van der Waals surface area contributed by atoms with Gasteiger partial charge >= 0.3 is 0 Å². The number of rotatable bonds is 5. The first-order chi connectivity index (χ1) is 8.69. The second-order valence-electron chi connectivity index (χ2n) is 4.81. The molecule has 0 saturated carbocycles. The van der Waals surface area contributed by atoms with E-state index in [9.17, 15) is 4.79 Å². The van der Waals surface area contributed by atoms with Crippen molar-refractivity contribution in [1.29, 1.82) is 0 Å². The molecule has 1 saturated heterocycles. The van der Waals surface area contributed by atoms with Crippen LogP contribution in [0.5, 0.6) is 0 Å². The summed E-state index contributed by atoms with van der Waals surface area (Å²) in [6.07, 6.45) is 1.55. The first kappa shape index (κ1) is 13.6. The lowest BCUT2D eigenvalue weighted by molar-refractivity contribution is -0.123. The molecule has 1 unspecified atom stereocenters. The van der Waals surface area contributed by atoms with Crippen molar-refractivity contribution in [2.24, 2.45) is 5.92 Å². The summed E-state index contributed by atoms with van der Waals surface area (Å²) in [5.41, 5.74) is 1.17. The minimum atomic E-state index is 0.124. The fourth-order valence-electron chi connectivity index (χ4n) is 2.12. The number of nitrogens with one attached hydrogen (secondary N) is 2. The standard InChI is InChI=1S/C14H19BrN2O/c1-2-13(11-3-5-12(15)6-4-11)17-14(18)7-10-8-16-9-10/h3-6,10,13,16H,2,7-9H2,1H3,(H,17,18). The molecule has 2 N–H and O–H groups in total. The summed E-state index contributed by atoms with van der Waals surface area (Å²) in [5.74, 6) is 0.684. The average molecular weight is 311 g/mol. The fourth-order valence-corrected chi connectivity index (χ4v) is 2.39. The van der Waals surface area contributed by atoms with E-state index in [-0.39, 0.29) is 11.9 Å². The van der Waals surface area contributed by atoms with Crippen molar-refractivity contribution in [2.45, 2.75) is 25.8 Å². The van der Waals surface area contributed by atoms with Crippen molar-refractivity contribution in [3.8, 4) is 0 Å². The number of hydrogen-bond acceptors (Lipinski definition) is 2. The summed E-state index contributed by atoms with van der Waals surface area (Å²) in [6, 6.07) is 8.27. The molecular weight excluding hydrogens is 292 g/mol. The van der Waals surface area contributed by atoms with Gasteiger partial charge in [-0.1, -0.05) is 35.0 Å². The third-order valence-electron chi connectivity index (χ3n) is 3.36. The summed E-state index contributed by atoms with van der Waals surface area (Å²) in [7, 11) is 0. The van der Waals surface area contributed by atoms with Gasteiger partial charge in [0.05, 0.1) is 6.04 Å². The molecule has 3 nitrogen and oxygen atoms in total. The first-order valence-corrected chi connectivity index (χ1v) is 7.24. The summed E-state index contributed by atoms with van der Waals surface area (Å²) >= 11 is 3.42. The third kappa shape index (κ3) is 3.56. The molecule has 1 aromatic carbocycles. The second kappa shape index (κ2) is 6.34. The van der Waals surface area contributed by atoms with Gasteiger partial charge in [0.2, 0.25) is 5.91 Å². The number of halogens is 1. The smallest absolute Gasteiger partial charge is 0.220 e. The van der Waals surface area contributed by atoms with Crippen molar-refractivity contribution in [3.63, 3.8) is 0 Å². The molecule has 0 aromatic heterocycles. The highest BCUT2D eigenvalue weighted by Crippen LogP contribution is 2.20. The predicted octanol–water partition coefficient (Wildman–Crippen LogP) is 2.63. The fraction of sp³-hybridized carbons (Fsp3) is 0.500. The maximum Gasteiger partial charge on any atom is 0.220 e. The Bertz CT molecular complexity index is 401. The maximum atomic E-state index is 11.9. The van der Waals surface area contributed by atoms with Gasteiger partial charge in [0.1, 0.15) is 0 Å². The van der Waals surface area contributed by atoms with Crippen LogP contribution < -0.4 is 10.6 Å². The number of carbonyl (C=O) groups excluding carboxylic acids is 1. The van der Waals surface area contributed by atoms with Crippen LogP contribution in [0.1, 0.15) is 31.4 Å². The Morgan fingerprint density at radius 2 is 2.11 bits per heavy atom. The monoisotopic (exact) mass is 310 g/mol. The zero-order valence-corrected chi connectivity index (χ0v) is 12.2. The number of amides is 1. The Morgan fingerprint density at radius 3 is 2.61 bits per heavy atom. The molecule has 1 aromatic rings. The van der Waals surface area contributed by atoms with Gasteiger partial charge in [-0.2, -0.15) is 0 Å². The van der Waals surface area contributed by atoms with E-state index in [2.05, 4.69) is 45.6 Å². The maximum absolute atomic E-state index is 11.9. The number of benzene rings is 1. The van der Waals surface area contributed by atoms with E-state index in [1.807, 2.05) is 12.1 Å². The van der Waals surface area contributed by atoms with Crippen LogP contribution in [0.4, 0.5) is 0 Å². The predicted molar refractivity (Wildman–Crippen MR) is 76.3 cm³/mol. The Kier molecular flexibility index (Phi) is 4.78. The molecule has 1 fully saturated rings. The molecule has 0 bridgehead atoms. The van der Waals surface area contributed by atoms with Crippen LogP contribution in [0, 0.1) is 5.92 Å². The van der Waals surface area contributed by atoms with Crippen LogP contribution in [0.2, 0.25) is 0 Å². The summed E-state index contributed by atoms with van der Waals surface area (Å²) < 4.78 is 1.06. The Morgan fingerprint density at radius 1 is 1.44 bits per heavy atom. The lowest BCUT2D eigenvalue weighted by atomic mass is 9.98. The molecule has 0 spiro atoms. The van der Waals surface area contributed by atoms with Crippen LogP contribution in [-0.4, -0.2) is 19.0 Å². The third-order valence-corrected chi connectivity index (χ3v) is 3.88. The summed E-state index contributed by atoms with van der Waals surface area (Å²) in [6.45, 7) is 4.04. The van der Waals surface area contributed by atoms with Crippen LogP contribution in [-0.2, 0) is 4.79 Å². The highest BCUT2D eigenvalue weighted by Gasteiger charge is 2.21. The van der Waals surface area contributed by atoms with Gasteiger partial charge in [-0.15, -0.1) is 0 Å². The molecule has 18 heavy (non-hydrogen) atoms. The van der Waals surface area contributed by atoms with Crippen LogP contribution in [0.25, 0.3) is 0 Å². The van der Waals surface area contributed by atoms with E-state index in [1.165, 1.54) is 5.56 Å². The largest absolute Gasteiger partial charge is 0.349 e.